The monoisotopic (exact) mass is 292 g/mol. The maximum absolute atomic E-state index is 12.5. The third-order valence-electron chi connectivity index (χ3n) is 3.98. The highest BCUT2D eigenvalue weighted by molar-refractivity contribution is 6.00. The number of amides is 1. The van der Waals surface area contributed by atoms with Gasteiger partial charge in [0.15, 0.2) is 23.5 Å². The highest BCUT2D eigenvalue weighted by atomic mass is 16.5. The van der Waals surface area contributed by atoms with E-state index < -0.39 is 23.3 Å². The molecule has 7 heteroatoms. The number of carbonyl (C=O) groups excluding carboxylic acids is 2. The highest BCUT2D eigenvalue weighted by Gasteiger charge is 2.42. The molecule has 0 bridgehead atoms. The van der Waals surface area contributed by atoms with Gasteiger partial charge in [0.2, 0.25) is 5.43 Å². The van der Waals surface area contributed by atoms with Crippen LogP contribution in [0.25, 0.3) is 0 Å². The Bertz CT molecular complexity index is 693. The molecule has 0 aliphatic carbocycles. The van der Waals surface area contributed by atoms with Gasteiger partial charge in [-0.1, -0.05) is 6.92 Å². The van der Waals surface area contributed by atoms with Gasteiger partial charge in [-0.25, -0.2) is 0 Å². The summed E-state index contributed by atoms with van der Waals surface area (Å²) in [7, 11) is 0. The highest BCUT2D eigenvalue weighted by Crippen LogP contribution is 2.29. The summed E-state index contributed by atoms with van der Waals surface area (Å²) in [4.78, 5) is 37.9. The van der Waals surface area contributed by atoms with Crippen LogP contribution in [0, 0.1) is 0 Å². The molecule has 0 spiro atoms. The molecular weight excluding hydrogens is 276 g/mol. The van der Waals surface area contributed by atoms with E-state index in [1.165, 1.54) is 15.7 Å². The Labute approximate surface area is 120 Å². The molecule has 2 aliphatic rings. The number of rotatable bonds is 2. The third-order valence-corrected chi connectivity index (χ3v) is 3.98. The summed E-state index contributed by atoms with van der Waals surface area (Å²) < 4.78 is 6.98. The molecule has 1 aromatic rings. The SMILES string of the molecule is CCC(=O)c1cn2c(c(O)c1=O)C(=O)N1[C@@H](C)CO[C@@H]1C2. The molecular formula is C14H16N2O5. The molecule has 1 saturated heterocycles. The van der Waals surface area contributed by atoms with Crippen LogP contribution in [0.5, 0.6) is 5.75 Å². The lowest BCUT2D eigenvalue weighted by molar-refractivity contribution is 0.00625. The van der Waals surface area contributed by atoms with Gasteiger partial charge in [0.05, 0.1) is 24.8 Å². The van der Waals surface area contributed by atoms with Crippen LogP contribution < -0.4 is 5.43 Å². The number of Topliss-reactive ketones (excluding diaryl/α,β-unsaturated/α-hetero) is 1. The summed E-state index contributed by atoms with van der Waals surface area (Å²) in [5, 5.41) is 10.1. The zero-order valence-corrected chi connectivity index (χ0v) is 11.8. The fraction of sp³-hybridized carbons (Fsp3) is 0.500. The van der Waals surface area contributed by atoms with Gasteiger partial charge in [-0.15, -0.1) is 0 Å². The van der Waals surface area contributed by atoms with Crippen LogP contribution in [0.4, 0.5) is 0 Å². The molecule has 1 N–H and O–H groups in total. The van der Waals surface area contributed by atoms with E-state index in [0.717, 1.165) is 0 Å². The van der Waals surface area contributed by atoms with E-state index in [9.17, 15) is 19.5 Å². The van der Waals surface area contributed by atoms with Crippen LogP contribution in [0.15, 0.2) is 11.0 Å². The fourth-order valence-electron chi connectivity index (χ4n) is 2.86. The van der Waals surface area contributed by atoms with Crippen molar-refractivity contribution in [1.82, 2.24) is 9.47 Å². The van der Waals surface area contributed by atoms with Crippen LogP contribution in [-0.4, -0.2) is 45.1 Å². The van der Waals surface area contributed by atoms with E-state index in [1.807, 2.05) is 6.92 Å². The molecule has 0 radical (unpaired) electrons. The number of aromatic nitrogens is 1. The summed E-state index contributed by atoms with van der Waals surface area (Å²) in [5.74, 6) is -1.46. The van der Waals surface area contributed by atoms with E-state index in [4.69, 9.17) is 4.74 Å². The van der Waals surface area contributed by atoms with Crippen molar-refractivity contribution in [3.63, 3.8) is 0 Å². The smallest absolute Gasteiger partial charge is 0.276 e. The van der Waals surface area contributed by atoms with Crippen molar-refractivity contribution < 1.29 is 19.4 Å². The van der Waals surface area contributed by atoms with Gasteiger partial charge in [0.25, 0.3) is 5.91 Å². The maximum atomic E-state index is 12.5. The summed E-state index contributed by atoms with van der Waals surface area (Å²) in [6.07, 6.45) is 1.09. The standard InChI is InChI=1S/C14H16N2O5/c1-3-9(17)8-4-15-5-10-16(7(2)6-21-10)14(20)11(15)13(19)12(8)18/h4,7,10,19H,3,5-6H2,1-2H3/t7-,10+/m0/s1. The van der Waals surface area contributed by atoms with Crippen LogP contribution in [0.3, 0.4) is 0 Å². The minimum atomic E-state index is -0.785. The number of hydrogen-bond donors (Lipinski definition) is 1. The Kier molecular flexibility index (Phi) is 3.09. The summed E-state index contributed by atoms with van der Waals surface area (Å²) in [6.45, 7) is 4.19. The zero-order chi connectivity index (χ0) is 15.3. The second kappa shape index (κ2) is 4.70. The molecule has 1 amide bonds. The molecule has 0 unspecified atom stereocenters. The van der Waals surface area contributed by atoms with Gasteiger partial charge >= 0.3 is 0 Å². The summed E-state index contributed by atoms with van der Waals surface area (Å²) >= 11 is 0. The van der Waals surface area contributed by atoms with Crippen LogP contribution in [0.1, 0.15) is 41.1 Å². The molecule has 1 fully saturated rings. The van der Waals surface area contributed by atoms with Crippen LogP contribution in [0.2, 0.25) is 0 Å². The fourth-order valence-corrected chi connectivity index (χ4v) is 2.86. The first kappa shape index (κ1) is 13.8. The van der Waals surface area contributed by atoms with Gasteiger partial charge < -0.3 is 19.3 Å². The number of fused-ring (bicyclic) bond motifs is 2. The minimum Gasteiger partial charge on any atom is -0.503 e. The number of pyridine rings is 1. The molecule has 112 valence electrons. The molecule has 1 aromatic heterocycles. The van der Waals surface area contributed by atoms with Crippen molar-refractivity contribution >= 4 is 11.7 Å². The number of aromatic hydroxyl groups is 1. The normalized spacial score (nSPS) is 23.9. The Morgan fingerprint density at radius 2 is 2.19 bits per heavy atom. The first-order valence-corrected chi connectivity index (χ1v) is 6.89. The number of ether oxygens (including phenoxy) is 1. The van der Waals surface area contributed by atoms with Gasteiger partial charge in [-0.05, 0) is 6.92 Å². The first-order chi connectivity index (χ1) is 9.95. The molecule has 0 saturated carbocycles. The van der Waals surface area contributed by atoms with Crippen molar-refractivity contribution in [2.45, 2.75) is 39.1 Å². The second-order valence-corrected chi connectivity index (χ2v) is 5.35. The van der Waals surface area contributed by atoms with E-state index in [2.05, 4.69) is 0 Å². The predicted molar refractivity (Wildman–Crippen MR) is 72.4 cm³/mol. The van der Waals surface area contributed by atoms with Crippen molar-refractivity contribution in [2.24, 2.45) is 0 Å². The molecule has 2 aliphatic heterocycles. The van der Waals surface area contributed by atoms with Crippen molar-refractivity contribution in [1.29, 1.82) is 0 Å². The Morgan fingerprint density at radius 1 is 1.48 bits per heavy atom. The average molecular weight is 292 g/mol. The van der Waals surface area contributed by atoms with Crippen molar-refractivity contribution in [2.75, 3.05) is 6.61 Å². The van der Waals surface area contributed by atoms with E-state index in [1.54, 1.807) is 6.92 Å². The Balaban J connectivity index is 2.17. The molecule has 3 rings (SSSR count). The molecule has 2 atom stereocenters. The van der Waals surface area contributed by atoms with Gasteiger partial charge in [0, 0.05) is 12.6 Å². The molecule has 3 heterocycles. The van der Waals surface area contributed by atoms with Crippen molar-refractivity contribution in [3.05, 3.63) is 27.7 Å². The third kappa shape index (κ3) is 1.88. The number of ketones is 1. The number of carbonyl (C=O) groups is 2. The molecule has 0 aromatic carbocycles. The zero-order valence-electron chi connectivity index (χ0n) is 11.8. The second-order valence-electron chi connectivity index (χ2n) is 5.35. The average Bonchev–Trinajstić information content (AvgIpc) is 2.83. The lowest BCUT2D eigenvalue weighted by Gasteiger charge is -2.33. The minimum absolute atomic E-state index is 0.0683. The molecule has 7 nitrogen and oxygen atoms in total. The summed E-state index contributed by atoms with van der Waals surface area (Å²) in [6, 6.07) is -0.109. The topological polar surface area (TPSA) is 88.8 Å². The van der Waals surface area contributed by atoms with Gasteiger partial charge in [-0.3, -0.25) is 14.4 Å². The molecule has 21 heavy (non-hydrogen) atoms. The predicted octanol–water partition coefficient (Wildman–Crippen LogP) is 0.347. The van der Waals surface area contributed by atoms with Crippen LogP contribution in [-0.2, 0) is 11.3 Å². The first-order valence-electron chi connectivity index (χ1n) is 6.89. The van der Waals surface area contributed by atoms with E-state index in [0.29, 0.717) is 13.2 Å². The van der Waals surface area contributed by atoms with Crippen LogP contribution >= 0.6 is 0 Å². The number of nitrogens with zero attached hydrogens (tertiary/aromatic N) is 2. The maximum Gasteiger partial charge on any atom is 0.276 e. The van der Waals surface area contributed by atoms with Crippen molar-refractivity contribution in [3.8, 4) is 5.75 Å². The Hall–Kier alpha value is -2.15. The summed E-state index contributed by atoms with van der Waals surface area (Å²) in [5.41, 5.74) is -0.944. The van der Waals surface area contributed by atoms with Gasteiger partial charge in [-0.2, -0.15) is 0 Å². The quantitative estimate of drug-likeness (QED) is 0.794. The lowest BCUT2D eigenvalue weighted by Crippen LogP contribution is -2.48. The van der Waals surface area contributed by atoms with Gasteiger partial charge in [0.1, 0.15) is 0 Å². The number of hydrogen-bond acceptors (Lipinski definition) is 5. The Morgan fingerprint density at radius 3 is 2.86 bits per heavy atom. The van der Waals surface area contributed by atoms with E-state index >= 15 is 0 Å². The largest absolute Gasteiger partial charge is 0.503 e. The lowest BCUT2D eigenvalue weighted by atomic mass is 10.1. The van der Waals surface area contributed by atoms with E-state index in [-0.39, 0.29) is 29.5 Å².